The summed E-state index contributed by atoms with van der Waals surface area (Å²) in [5, 5.41) is 6.08. The molecule has 0 unspecified atom stereocenters. The van der Waals surface area contributed by atoms with E-state index in [1.54, 1.807) is 0 Å². The minimum atomic E-state index is -5.32. The number of benzene rings is 1. The second-order valence-corrected chi connectivity index (χ2v) is 6.65. The van der Waals surface area contributed by atoms with Crippen LogP contribution in [0.1, 0.15) is 6.42 Å². The summed E-state index contributed by atoms with van der Waals surface area (Å²) in [5.74, 6) is 0.970. The number of guanidine groups is 1. The van der Waals surface area contributed by atoms with Crippen LogP contribution in [0.25, 0.3) is 0 Å². The van der Waals surface area contributed by atoms with Crippen LogP contribution in [0.3, 0.4) is 0 Å². The molecule has 136 valence electrons. The van der Waals surface area contributed by atoms with Crippen LogP contribution in [0.5, 0.6) is 5.75 Å². The number of alkyl halides is 3. The van der Waals surface area contributed by atoms with Gasteiger partial charge in [0.25, 0.3) is 9.84 Å². The van der Waals surface area contributed by atoms with Gasteiger partial charge in [0.05, 0.1) is 11.4 Å². The SMILES string of the molecule is I.O=S(=O)(c1ccc(OCCNC2=NCCCN2)cc1)C(F)(F)F. The smallest absolute Gasteiger partial charge is 0.492 e. The van der Waals surface area contributed by atoms with Gasteiger partial charge in [0.1, 0.15) is 12.4 Å². The molecule has 0 aliphatic carbocycles. The Balaban J connectivity index is 0.00000288. The van der Waals surface area contributed by atoms with Crippen LogP contribution in [-0.4, -0.2) is 46.1 Å². The number of halogens is 4. The molecule has 0 aromatic heterocycles. The van der Waals surface area contributed by atoms with Crippen molar-refractivity contribution in [2.45, 2.75) is 16.8 Å². The van der Waals surface area contributed by atoms with Gasteiger partial charge in [-0.2, -0.15) is 13.2 Å². The van der Waals surface area contributed by atoms with Crippen LogP contribution < -0.4 is 15.4 Å². The molecule has 0 fully saturated rings. The highest BCUT2D eigenvalue weighted by Gasteiger charge is 2.46. The Morgan fingerprint density at radius 1 is 1.25 bits per heavy atom. The third-order valence-corrected chi connectivity index (χ3v) is 4.50. The first-order valence-corrected chi connectivity index (χ1v) is 8.35. The fourth-order valence-corrected chi connectivity index (χ4v) is 2.60. The lowest BCUT2D eigenvalue weighted by atomic mass is 10.3. The Bertz CT molecular complexity index is 663. The van der Waals surface area contributed by atoms with Gasteiger partial charge < -0.3 is 15.4 Å². The summed E-state index contributed by atoms with van der Waals surface area (Å²) in [6.07, 6.45) is 0.981. The zero-order valence-corrected chi connectivity index (χ0v) is 15.6. The van der Waals surface area contributed by atoms with E-state index < -0.39 is 20.2 Å². The lowest BCUT2D eigenvalue weighted by molar-refractivity contribution is -0.0436. The molecule has 6 nitrogen and oxygen atoms in total. The van der Waals surface area contributed by atoms with E-state index in [9.17, 15) is 21.6 Å². The van der Waals surface area contributed by atoms with E-state index in [1.807, 2.05) is 0 Å². The molecule has 2 N–H and O–H groups in total. The Kier molecular flexibility index (Phi) is 7.57. The zero-order valence-electron chi connectivity index (χ0n) is 12.5. The van der Waals surface area contributed by atoms with Crippen LogP contribution in [0.15, 0.2) is 34.2 Å². The predicted octanol–water partition coefficient (Wildman–Crippen LogP) is 1.92. The predicted molar refractivity (Wildman–Crippen MR) is 93.5 cm³/mol. The molecule has 1 aliphatic heterocycles. The molecule has 0 radical (unpaired) electrons. The standard InChI is InChI=1S/C13H16F3N3O3S.HI/c14-13(15,16)23(20,21)11-4-2-10(3-5-11)22-9-8-19-12-17-6-1-7-18-12;/h2-5H,1,6-9H2,(H2,17,18,19);1H. The van der Waals surface area contributed by atoms with Crippen molar-refractivity contribution < 1.29 is 26.3 Å². The van der Waals surface area contributed by atoms with Crippen LogP contribution in [0.4, 0.5) is 13.2 Å². The van der Waals surface area contributed by atoms with E-state index in [4.69, 9.17) is 4.74 Å². The van der Waals surface area contributed by atoms with E-state index >= 15 is 0 Å². The topological polar surface area (TPSA) is 79.8 Å². The van der Waals surface area contributed by atoms with Gasteiger partial charge in [0.2, 0.25) is 0 Å². The third-order valence-electron chi connectivity index (χ3n) is 3.00. The number of nitrogens with one attached hydrogen (secondary N) is 2. The summed E-state index contributed by atoms with van der Waals surface area (Å²) in [6.45, 7) is 2.31. The summed E-state index contributed by atoms with van der Waals surface area (Å²) in [6, 6.07) is 4.13. The van der Waals surface area contributed by atoms with Gasteiger partial charge in [0, 0.05) is 13.1 Å². The van der Waals surface area contributed by atoms with Crippen molar-refractivity contribution in [3.05, 3.63) is 24.3 Å². The van der Waals surface area contributed by atoms with Gasteiger partial charge in [-0.15, -0.1) is 24.0 Å². The highest BCUT2D eigenvalue weighted by molar-refractivity contribution is 14.0. The zero-order chi connectivity index (χ0) is 16.9. The van der Waals surface area contributed by atoms with E-state index in [0.29, 0.717) is 12.5 Å². The van der Waals surface area contributed by atoms with E-state index in [2.05, 4.69) is 15.6 Å². The molecule has 1 aromatic carbocycles. The van der Waals surface area contributed by atoms with Crippen molar-refractivity contribution in [1.29, 1.82) is 0 Å². The van der Waals surface area contributed by atoms with Crippen LogP contribution in [-0.2, 0) is 9.84 Å². The van der Waals surface area contributed by atoms with Gasteiger partial charge >= 0.3 is 5.51 Å². The number of hydrogen-bond acceptors (Lipinski definition) is 6. The second-order valence-electron chi connectivity index (χ2n) is 4.71. The summed E-state index contributed by atoms with van der Waals surface area (Å²) >= 11 is 0. The van der Waals surface area contributed by atoms with Crippen LogP contribution in [0, 0.1) is 0 Å². The van der Waals surface area contributed by atoms with E-state index in [-0.39, 0.29) is 36.3 Å². The molecule has 1 aromatic rings. The number of hydrogen-bond donors (Lipinski definition) is 2. The number of aliphatic imine (C=N–C) groups is 1. The van der Waals surface area contributed by atoms with Gasteiger partial charge in [-0.3, -0.25) is 4.99 Å². The summed E-state index contributed by atoms with van der Waals surface area (Å²) in [7, 11) is -5.32. The van der Waals surface area contributed by atoms with Gasteiger partial charge in [-0.05, 0) is 30.7 Å². The summed E-state index contributed by atoms with van der Waals surface area (Å²) in [5.41, 5.74) is -5.31. The average molecular weight is 479 g/mol. The molecule has 24 heavy (non-hydrogen) atoms. The van der Waals surface area contributed by atoms with Crippen molar-refractivity contribution in [3.63, 3.8) is 0 Å². The maximum absolute atomic E-state index is 12.4. The fraction of sp³-hybridized carbons (Fsp3) is 0.462. The Labute approximate surface area is 154 Å². The first-order valence-electron chi connectivity index (χ1n) is 6.87. The molecule has 0 amide bonds. The number of sulfone groups is 1. The van der Waals surface area contributed by atoms with Gasteiger partial charge in [0.15, 0.2) is 5.96 Å². The van der Waals surface area contributed by atoms with Gasteiger partial charge in [-0.1, -0.05) is 0 Å². The lowest BCUT2D eigenvalue weighted by Gasteiger charge is -2.16. The highest BCUT2D eigenvalue weighted by Crippen LogP contribution is 2.30. The molecule has 0 atom stereocenters. The lowest BCUT2D eigenvalue weighted by Crippen LogP contribution is -2.42. The maximum atomic E-state index is 12.4. The fourth-order valence-electron chi connectivity index (χ4n) is 1.84. The summed E-state index contributed by atoms with van der Waals surface area (Å²) in [4.78, 5) is 3.39. The van der Waals surface area contributed by atoms with Crippen molar-refractivity contribution in [2.24, 2.45) is 4.99 Å². The van der Waals surface area contributed by atoms with Gasteiger partial charge in [-0.25, -0.2) is 8.42 Å². The Hall–Kier alpha value is -1.24. The van der Waals surface area contributed by atoms with Crippen LogP contribution >= 0.6 is 24.0 Å². The second kappa shape index (κ2) is 8.74. The molecule has 0 spiro atoms. The first-order chi connectivity index (χ1) is 10.8. The van der Waals surface area contributed by atoms with Crippen molar-refractivity contribution in [3.8, 4) is 5.75 Å². The number of rotatable bonds is 5. The van der Waals surface area contributed by atoms with Crippen molar-refractivity contribution in [1.82, 2.24) is 10.6 Å². The normalized spacial score (nSPS) is 14.9. The molecule has 0 saturated heterocycles. The largest absolute Gasteiger partial charge is 0.501 e. The van der Waals surface area contributed by atoms with E-state index in [1.165, 1.54) is 12.1 Å². The van der Waals surface area contributed by atoms with E-state index in [0.717, 1.165) is 31.6 Å². The maximum Gasteiger partial charge on any atom is 0.501 e. The number of ether oxygens (including phenoxy) is 1. The molecule has 0 saturated carbocycles. The molecule has 11 heteroatoms. The van der Waals surface area contributed by atoms with Crippen LogP contribution in [0.2, 0.25) is 0 Å². The summed E-state index contributed by atoms with van der Waals surface area (Å²) < 4.78 is 64.9. The monoisotopic (exact) mass is 479 g/mol. The Morgan fingerprint density at radius 2 is 1.92 bits per heavy atom. The molecule has 0 bridgehead atoms. The van der Waals surface area contributed by atoms with Crippen molar-refractivity contribution in [2.75, 3.05) is 26.2 Å². The molecular formula is C13H17F3IN3O3S. The number of nitrogens with zero attached hydrogens (tertiary/aromatic N) is 1. The Morgan fingerprint density at radius 3 is 2.46 bits per heavy atom. The van der Waals surface area contributed by atoms with Crippen molar-refractivity contribution >= 4 is 39.8 Å². The first kappa shape index (κ1) is 20.8. The minimum absolute atomic E-state index is 0. The quantitative estimate of drug-likeness (QED) is 0.499. The molecule has 1 aliphatic rings. The highest BCUT2D eigenvalue weighted by atomic mass is 127. The average Bonchev–Trinajstić information content (AvgIpc) is 2.52. The third kappa shape index (κ3) is 5.40. The molecular weight excluding hydrogens is 462 g/mol. The molecule has 1 heterocycles. The molecule has 2 rings (SSSR count). The minimum Gasteiger partial charge on any atom is -0.492 e.